The highest BCUT2D eigenvalue weighted by Gasteiger charge is 2.47. The number of carbonyl (C=O) groups is 1. The van der Waals surface area contributed by atoms with Crippen LogP contribution in [0.15, 0.2) is 30.5 Å². The molecule has 3 aromatic rings. The standard InChI is InChI=1S/C25H29N5O2/c1-29-23-19(28-24(29)17-4-3-9-27-18(17)10-14-5-6-14)11-16(12-21(23)32-2)25(31)30-13-15-7-8-20(30)22(15)26/h3-4,9,11-12,14-15,20,22H,5-8,10,13,26H2,1-2H3/t15-,20-,22-/m1/s1. The van der Waals surface area contributed by atoms with E-state index >= 15 is 0 Å². The molecule has 2 aliphatic carbocycles. The lowest BCUT2D eigenvalue weighted by molar-refractivity contribution is 0.0700. The summed E-state index contributed by atoms with van der Waals surface area (Å²) in [5, 5.41) is 0. The van der Waals surface area contributed by atoms with Crippen LogP contribution in [-0.4, -0.2) is 51.1 Å². The zero-order valence-electron chi connectivity index (χ0n) is 18.6. The summed E-state index contributed by atoms with van der Waals surface area (Å²) in [6.07, 6.45) is 7.51. The van der Waals surface area contributed by atoms with Crippen molar-refractivity contribution in [2.24, 2.45) is 24.6 Å². The van der Waals surface area contributed by atoms with Crippen molar-refractivity contribution in [2.75, 3.05) is 13.7 Å². The summed E-state index contributed by atoms with van der Waals surface area (Å²) in [7, 11) is 3.65. The topological polar surface area (TPSA) is 86.3 Å². The number of carbonyl (C=O) groups excluding carboxylic acids is 1. The first-order valence-electron chi connectivity index (χ1n) is 11.6. The van der Waals surface area contributed by atoms with E-state index in [9.17, 15) is 4.79 Å². The minimum Gasteiger partial charge on any atom is -0.494 e. The van der Waals surface area contributed by atoms with Gasteiger partial charge in [0, 0.05) is 43.0 Å². The molecule has 3 atom stereocenters. The van der Waals surface area contributed by atoms with Crippen molar-refractivity contribution in [1.82, 2.24) is 19.4 Å². The van der Waals surface area contributed by atoms with Crippen molar-refractivity contribution >= 4 is 16.9 Å². The number of ether oxygens (including phenoxy) is 1. The van der Waals surface area contributed by atoms with Crippen molar-refractivity contribution in [3.8, 4) is 17.1 Å². The second-order valence-electron chi connectivity index (χ2n) is 9.63. The highest BCUT2D eigenvalue weighted by atomic mass is 16.5. The van der Waals surface area contributed by atoms with Gasteiger partial charge in [-0.15, -0.1) is 0 Å². The summed E-state index contributed by atoms with van der Waals surface area (Å²) in [6, 6.07) is 8.05. The van der Waals surface area contributed by atoms with Gasteiger partial charge in [0.05, 0.1) is 18.3 Å². The summed E-state index contributed by atoms with van der Waals surface area (Å²) >= 11 is 0. The van der Waals surface area contributed by atoms with E-state index in [-0.39, 0.29) is 18.0 Å². The number of benzene rings is 1. The van der Waals surface area contributed by atoms with E-state index < -0.39 is 0 Å². The number of aromatic nitrogens is 3. The van der Waals surface area contributed by atoms with E-state index in [1.165, 1.54) is 12.8 Å². The molecule has 0 spiro atoms. The van der Waals surface area contributed by atoms with Gasteiger partial charge in [0.15, 0.2) is 0 Å². The lowest BCUT2D eigenvalue weighted by atomic mass is 10.1. The van der Waals surface area contributed by atoms with Gasteiger partial charge in [-0.1, -0.05) is 0 Å². The fourth-order valence-electron chi connectivity index (χ4n) is 5.68. The molecule has 2 saturated carbocycles. The third kappa shape index (κ3) is 3.02. The molecule has 3 heterocycles. The molecular formula is C25H29N5O2. The van der Waals surface area contributed by atoms with Crippen LogP contribution in [0.4, 0.5) is 0 Å². The highest BCUT2D eigenvalue weighted by Crippen LogP contribution is 2.39. The van der Waals surface area contributed by atoms with Gasteiger partial charge in [0.1, 0.15) is 17.1 Å². The third-order valence-electron chi connectivity index (χ3n) is 7.63. The number of rotatable bonds is 5. The van der Waals surface area contributed by atoms with Gasteiger partial charge in [0.25, 0.3) is 5.91 Å². The molecule has 2 aromatic heterocycles. The number of piperidine rings is 1. The molecule has 0 unspecified atom stereocenters. The fourth-order valence-corrected chi connectivity index (χ4v) is 5.68. The van der Waals surface area contributed by atoms with Crippen molar-refractivity contribution in [2.45, 2.75) is 44.2 Å². The molecule has 6 rings (SSSR count). The summed E-state index contributed by atoms with van der Waals surface area (Å²) in [4.78, 5) is 25.0. The van der Waals surface area contributed by atoms with E-state index in [0.717, 1.165) is 59.8 Å². The Morgan fingerprint density at radius 3 is 2.78 bits per heavy atom. The van der Waals surface area contributed by atoms with Crippen LogP contribution < -0.4 is 10.5 Å². The second-order valence-corrected chi connectivity index (χ2v) is 9.63. The third-order valence-corrected chi connectivity index (χ3v) is 7.63. The average Bonchev–Trinajstić information content (AvgIpc) is 3.39. The number of amides is 1. The summed E-state index contributed by atoms with van der Waals surface area (Å²) in [5.74, 6) is 2.70. The number of pyridine rings is 1. The first-order valence-corrected chi connectivity index (χ1v) is 11.6. The highest BCUT2D eigenvalue weighted by molar-refractivity contribution is 6.00. The van der Waals surface area contributed by atoms with Gasteiger partial charge < -0.3 is 19.9 Å². The van der Waals surface area contributed by atoms with Gasteiger partial charge in [-0.2, -0.15) is 0 Å². The first-order chi connectivity index (χ1) is 15.5. The molecular weight excluding hydrogens is 402 g/mol. The van der Waals surface area contributed by atoms with Crippen LogP contribution in [-0.2, 0) is 13.5 Å². The Balaban J connectivity index is 1.42. The van der Waals surface area contributed by atoms with Crippen molar-refractivity contribution in [3.05, 3.63) is 41.7 Å². The van der Waals surface area contributed by atoms with E-state index in [1.54, 1.807) is 7.11 Å². The van der Waals surface area contributed by atoms with Crippen LogP contribution in [0.2, 0.25) is 0 Å². The maximum atomic E-state index is 13.4. The van der Waals surface area contributed by atoms with E-state index in [4.69, 9.17) is 15.5 Å². The van der Waals surface area contributed by atoms with E-state index in [0.29, 0.717) is 17.2 Å². The molecule has 1 amide bonds. The van der Waals surface area contributed by atoms with Crippen LogP contribution >= 0.6 is 0 Å². The Morgan fingerprint density at radius 1 is 1.25 bits per heavy atom. The van der Waals surface area contributed by atoms with Gasteiger partial charge >= 0.3 is 0 Å². The Labute approximate surface area is 187 Å². The van der Waals surface area contributed by atoms with Gasteiger partial charge in [-0.05, 0) is 68.2 Å². The van der Waals surface area contributed by atoms with Crippen molar-refractivity contribution in [1.29, 1.82) is 0 Å². The Morgan fingerprint density at radius 2 is 2.09 bits per heavy atom. The minimum atomic E-state index is 0.0239. The zero-order chi connectivity index (χ0) is 22.0. The molecule has 1 aliphatic heterocycles. The Hall–Kier alpha value is -2.93. The number of nitrogens with zero attached hydrogens (tertiary/aromatic N) is 4. The minimum absolute atomic E-state index is 0.0239. The number of aryl methyl sites for hydroxylation is 1. The quantitative estimate of drug-likeness (QED) is 0.671. The Kier molecular flexibility index (Phi) is 4.50. The number of nitrogens with two attached hydrogens (primary N) is 1. The molecule has 32 heavy (non-hydrogen) atoms. The summed E-state index contributed by atoms with van der Waals surface area (Å²) in [6.45, 7) is 0.749. The lowest BCUT2D eigenvalue weighted by Gasteiger charge is -2.27. The number of methoxy groups -OCH3 is 1. The molecule has 2 bridgehead atoms. The van der Waals surface area contributed by atoms with Crippen LogP contribution in [0.5, 0.6) is 5.75 Å². The molecule has 2 N–H and O–H groups in total. The van der Waals surface area contributed by atoms with Crippen LogP contribution in [0, 0.1) is 11.8 Å². The Bertz CT molecular complexity index is 1210. The van der Waals surface area contributed by atoms with Crippen molar-refractivity contribution < 1.29 is 9.53 Å². The SMILES string of the molecule is COc1cc(C(=O)N2C[C@H]3CC[C@@H]2[C@@H]3N)cc2nc(-c3cccnc3CC3CC3)n(C)c12. The molecule has 166 valence electrons. The number of hydrogen-bond acceptors (Lipinski definition) is 5. The number of fused-ring (bicyclic) bond motifs is 3. The fraction of sp³-hybridized carbons (Fsp3) is 0.480. The van der Waals surface area contributed by atoms with E-state index in [1.807, 2.05) is 36.3 Å². The summed E-state index contributed by atoms with van der Waals surface area (Å²) in [5.41, 5.74) is 10.7. The van der Waals surface area contributed by atoms with Gasteiger partial charge in [-0.25, -0.2) is 4.98 Å². The van der Waals surface area contributed by atoms with Gasteiger partial charge in [0.2, 0.25) is 0 Å². The first kappa shape index (κ1) is 19.7. The maximum absolute atomic E-state index is 13.4. The lowest BCUT2D eigenvalue weighted by Crippen LogP contribution is -2.41. The average molecular weight is 432 g/mol. The van der Waals surface area contributed by atoms with Crippen LogP contribution in [0.25, 0.3) is 22.4 Å². The predicted octanol–water partition coefficient (Wildman–Crippen LogP) is 3.16. The molecule has 1 saturated heterocycles. The van der Waals surface area contributed by atoms with Crippen LogP contribution in [0.3, 0.4) is 0 Å². The van der Waals surface area contributed by atoms with Gasteiger partial charge in [-0.3, -0.25) is 9.78 Å². The monoisotopic (exact) mass is 431 g/mol. The molecule has 7 heteroatoms. The largest absolute Gasteiger partial charge is 0.494 e. The maximum Gasteiger partial charge on any atom is 0.254 e. The molecule has 7 nitrogen and oxygen atoms in total. The number of likely N-dealkylation sites (tertiary alicyclic amines) is 1. The number of hydrogen-bond donors (Lipinski definition) is 1. The normalized spacial score (nSPS) is 24.5. The summed E-state index contributed by atoms with van der Waals surface area (Å²) < 4.78 is 7.79. The van der Waals surface area contributed by atoms with Crippen molar-refractivity contribution in [3.63, 3.8) is 0 Å². The molecule has 1 aromatic carbocycles. The second kappa shape index (κ2) is 7.30. The predicted molar refractivity (Wildman–Crippen MR) is 122 cm³/mol. The molecule has 3 fully saturated rings. The van der Waals surface area contributed by atoms with Crippen LogP contribution in [0.1, 0.15) is 41.7 Å². The number of imidazole rings is 1. The smallest absolute Gasteiger partial charge is 0.254 e. The molecule has 0 radical (unpaired) electrons. The zero-order valence-corrected chi connectivity index (χ0v) is 18.6. The van der Waals surface area contributed by atoms with E-state index in [2.05, 4.69) is 15.6 Å². The molecule has 3 aliphatic rings.